The molecule has 2 fully saturated rings. The van der Waals surface area contributed by atoms with Gasteiger partial charge in [-0.15, -0.1) is 0 Å². The van der Waals surface area contributed by atoms with Gasteiger partial charge in [0.15, 0.2) is 5.65 Å². The number of piperidine rings is 1. The molecular weight excluding hydrogens is 388 g/mol. The van der Waals surface area contributed by atoms with Crippen LogP contribution in [-0.2, 0) is 0 Å². The average molecular weight is 419 g/mol. The number of carbonyl (C=O) groups is 1. The van der Waals surface area contributed by atoms with Crippen molar-refractivity contribution >= 4 is 22.8 Å². The zero-order chi connectivity index (χ0) is 21.0. The Morgan fingerprint density at radius 1 is 0.935 bits per heavy atom. The van der Waals surface area contributed by atoms with Gasteiger partial charge in [-0.2, -0.15) is 0 Å². The second-order valence-corrected chi connectivity index (χ2v) is 8.70. The molecule has 0 bridgehead atoms. The highest BCUT2D eigenvalue weighted by Crippen LogP contribution is 2.24. The Labute approximate surface area is 182 Å². The summed E-state index contributed by atoms with van der Waals surface area (Å²) in [4.78, 5) is 25.3. The number of aromatic amines is 1. The molecule has 0 unspecified atom stereocenters. The van der Waals surface area contributed by atoms with Gasteiger partial charge in [-0.05, 0) is 69.1 Å². The van der Waals surface area contributed by atoms with Crippen molar-refractivity contribution in [1.82, 2.24) is 25.6 Å². The lowest BCUT2D eigenvalue weighted by molar-refractivity contribution is 0.0929. The molecule has 0 spiro atoms. The number of imidazole rings is 1. The van der Waals surface area contributed by atoms with E-state index >= 15 is 0 Å². The summed E-state index contributed by atoms with van der Waals surface area (Å²) in [7, 11) is 0. The summed E-state index contributed by atoms with van der Waals surface area (Å²) < 4.78 is 0. The minimum Gasteiger partial charge on any atom is -0.382 e. The van der Waals surface area contributed by atoms with Crippen LogP contribution in [0.15, 0.2) is 36.5 Å². The Hall–Kier alpha value is -2.93. The third kappa shape index (κ3) is 4.56. The first-order valence-electron chi connectivity index (χ1n) is 11.5. The van der Waals surface area contributed by atoms with Crippen LogP contribution in [0.2, 0.25) is 0 Å². The predicted molar refractivity (Wildman–Crippen MR) is 123 cm³/mol. The summed E-state index contributed by atoms with van der Waals surface area (Å²) in [6.07, 6.45) is 9.71. The van der Waals surface area contributed by atoms with Crippen molar-refractivity contribution < 1.29 is 4.79 Å². The summed E-state index contributed by atoms with van der Waals surface area (Å²) >= 11 is 0. The number of rotatable bonds is 5. The number of anilines is 1. The molecule has 2 aliphatic rings. The average Bonchev–Trinajstić information content (AvgIpc) is 3.25. The van der Waals surface area contributed by atoms with Gasteiger partial charge in [0.2, 0.25) is 0 Å². The summed E-state index contributed by atoms with van der Waals surface area (Å²) in [5.74, 6) is 0.685. The van der Waals surface area contributed by atoms with Crippen molar-refractivity contribution in [3.63, 3.8) is 0 Å². The number of aromatic nitrogens is 3. The van der Waals surface area contributed by atoms with Crippen molar-refractivity contribution in [2.75, 3.05) is 18.4 Å². The van der Waals surface area contributed by atoms with Crippen LogP contribution >= 0.6 is 0 Å². The number of carbonyl (C=O) groups excluding carboxylic acids is 1. The minimum absolute atomic E-state index is 0.0454. The van der Waals surface area contributed by atoms with Gasteiger partial charge in [-0.25, -0.2) is 9.97 Å². The molecule has 3 heterocycles. The number of pyridine rings is 1. The fourth-order valence-electron chi connectivity index (χ4n) is 4.67. The highest BCUT2D eigenvalue weighted by Gasteiger charge is 2.20. The Bertz CT molecular complexity index is 1030. The van der Waals surface area contributed by atoms with E-state index in [1.807, 2.05) is 0 Å². The highest BCUT2D eigenvalue weighted by molar-refractivity contribution is 6.04. The molecule has 7 heteroatoms. The number of amides is 1. The number of hydrogen-bond acceptors (Lipinski definition) is 5. The SMILES string of the molecule is O=C(NC1CCCCC1)c1ccnc2nc(-c3ccc(NC4CCNCC4)cc3)[nH]c12. The number of nitrogens with one attached hydrogen (secondary N) is 4. The maximum Gasteiger partial charge on any atom is 0.253 e. The number of fused-ring (bicyclic) bond motifs is 1. The number of H-pyrrole nitrogens is 1. The van der Waals surface area contributed by atoms with Crippen LogP contribution in [0.4, 0.5) is 5.69 Å². The predicted octanol–water partition coefficient (Wildman–Crippen LogP) is 3.85. The minimum atomic E-state index is -0.0454. The van der Waals surface area contributed by atoms with Gasteiger partial charge in [0.05, 0.1) is 11.1 Å². The van der Waals surface area contributed by atoms with E-state index in [1.165, 1.54) is 19.3 Å². The molecule has 1 aromatic carbocycles. The largest absolute Gasteiger partial charge is 0.382 e. The van der Waals surface area contributed by atoms with E-state index in [2.05, 4.69) is 55.2 Å². The van der Waals surface area contributed by atoms with Gasteiger partial charge in [-0.1, -0.05) is 19.3 Å². The second kappa shape index (κ2) is 9.06. The molecule has 0 radical (unpaired) electrons. The first-order chi connectivity index (χ1) is 15.3. The summed E-state index contributed by atoms with van der Waals surface area (Å²) in [5, 5.41) is 10.2. The molecule has 1 aliphatic carbocycles. The lowest BCUT2D eigenvalue weighted by Gasteiger charge is -2.24. The molecule has 1 aliphatic heterocycles. The quantitative estimate of drug-likeness (QED) is 0.505. The number of nitrogens with zero attached hydrogens (tertiary/aromatic N) is 2. The smallest absolute Gasteiger partial charge is 0.253 e. The van der Waals surface area contributed by atoms with Crippen LogP contribution in [0.3, 0.4) is 0 Å². The van der Waals surface area contributed by atoms with Gasteiger partial charge in [0.25, 0.3) is 5.91 Å². The van der Waals surface area contributed by atoms with Gasteiger partial charge < -0.3 is 20.9 Å². The van der Waals surface area contributed by atoms with Crippen LogP contribution in [-0.4, -0.2) is 46.0 Å². The summed E-state index contributed by atoms with van der Waals surface area (Å²) in [6.45, 7) is 2.14. The Morgan fingerprint density at radius 3 is 2.48 bits per heavy atom. The van der Waals surface area contributed by atoms with E-state index in [0.29, 0.717) is 22.8 Å². The normalized spacial score (nSPS) is 18.2. The lowest BCUT2D eigenvalue weighted by Crippen LogP contribution is -2.36. The highest BCUT2D eigenvalue weighted by atomic mass is 16.1. The van der Waals surface area contributed by atoms with Crippen molar-refractivity contribution in [2.24, 2.45) is 0 Å². The second-order valence-electron chi connectivity index (χ2n) is 8.70. The van der Waals surface area contributed by atoms with Gasteiger partial charge >= 0.3 is 0 Å². The molecule has 3 aromatic rings. The third-order valence-electron chi connectivity index (χ3n) is 6.45. The van der Waals surface area contributed by atoms with E-state index < -0.39 is 0 Å². The summed E-state index contributed by atoms with van der Waals surface area (Å²) in [5.41, 5.74) is 3.98. The number of benzene rings is 1. The maximum atomic E-state index is 12.9. The van der Waals surface area contributed by atoms with Gasteiger partial charge in [0.1, 0.15) is 5.82 Å². The van der Waals surface area contributed by atoms with Crippen molar-refractivity contribution in [3.05, 3.63) is 42.1 Å². The van der Waals surface area contributed by atoms with Gasteiger partial charge in [0, 0.05) is 29.5 Å². The van der Waals surface area contributed by atoms with Gasteiger partial charge in [-0.3, -0.25) is 4.79 Å². The molecule has 1 saturated heterocycles. The third-order valence-corrected chi connectivity index (χ3v) is 6.45. The van der Waals surface area contributed by atoms with E-state index in [9.17, 15) is 4.79 Å². The zero-order valence-electron chi connectivity index (χ0n) is 17.8. The zero-order valence-corrected chi connectivity index (χ0v) is 17.8. The molecule has 1 saturated carbocycles. The molecule has 2 aromatic heterocycles. The van der Waals surface area contributed by atoms with E-state index in [0.717, 1.165) is 55.8 Å². The molecule has 31 heavy (non-hydrogen) atoms. The Kier molecular flexibility index (Phi) is 5.84. The molecule has 4 N–H and O–H groups in total. The van der Waals surface area contributed by atoms with Crippen molar-refractivity contribution in [1.29, 1.82) is 0 Å². The van der Waals surface area contributed by atoms with Crippen LogP contribution in [0.5, 0.6) is 0 Å². The Balaban J connectivity index is 1.33. The fourth-order valence-corrected chi connectivity index (χ4v) is 4.67. The fraction of sp³-hybridized carbons (Fsp3) is 0.458. The topological polar surface area (TPSA) is 94.7 Å². The van der Waals surface area contributed by atoms with Crippen molar-refractivity contribution in [3.8, 4) is 11.4 Å². The molecule has 0 atom stereocenters. The van der Waals surface area contributed by atoms with Crippen molar-refractivity contribution in [2.45, 2.75) is 57.0 Å². The molecule has 1 amide bonds. The first kappa shape index (κ1) is 20.0. The van der Waals surface area contributed by atoms with Crippen LogP contribution < -0.4 is 16.0 Å². The summed E-state index contributed by atoms with van der Waals surface area (Å²) in [6, 6.07) is 10.9. The Morgan fingerprint density at radius 2 is 1.71 bits per heavy atom. The molecule has 7 nitrogen and oxygen atoms in total. The van der Waals surface area contributed by atoms with Crippen LogP contribution in [0.25, 0.3) is 22.6 Å². The molecular formula is C24H30N6O. The molecule has 5 rings (SSSR count). The van der Waals surface area contributed by atoms with E-state index in [1.54, 1.807) is 12.3 Å². The first-order valence-corrected chi connectivity index (χ1v) is 11.5. The maximum absolute atomic E-state index is 12.9. The number of hydrogen-bond donors (Lipinski definition) is 4. The van der Waals surface area contributed by atoms with E-state index in [4.69, 9.17) is 0 Å². The van der Waals surface area contributed by atoms with Crippen LogP contribution in [0, 0.1) is 0 Å². The van der Waals surface area contributed by atoms with Crippen LogP contribution in [0.1, 0.15) is 55.3 Å². The molecule has 162 valence electrons. The lowest BCUT2D eigenvalue weighted by atomic mass is 9.95. The monoisotopic (exact) mass is 418 g/mol. The standard InChI is InChI=1S/C24H30N6O/c31-24(28-17-4-2-1-3-5-17)20-12-15-26-23-21(20)29-22(30-23)16-6-8-18(9-7-16)27-19-10-13-25-14-11-19/h6-9,12,15,17,19,25,27H,1-5,10-11,13-14H2,(H,28,31)(H,26,29,30). The van der Waals surface area contributed by atoms with E-state index in [-0.39, 0.29) is 11.9 Å².